The van der Waals surface area contributed by atoms with Gasteiger partial charge in [0.25, 0.3) is 5.91 Å². The molecule has 1 saturated heterocycles. The van der Waals surface area contributed by atoms with Crippen LogP contribution in [0.1, 0.15) is 33.4 Å². The van der Waals surface area contributed by atoms with Crippen LogP contribution in [-0.2, 0) is 0 Å². The van der Waals surface area contributed by atoms with Crippen LogP contribution in [0.15, 0.2) is 6.20 Å². The number of carbonyl (C=O) groups is 1. The summed E-state index contributed by atoms with van der Waals surface area (Å²) >= 11 is 1.58. The Balaban J connectivity index is 1.71. The largest absolute Gasteiger partial charge is 0.335 e. The zero-order valence-corrected chi connectivity index (χ0v) is 9.92. The van der Waals surface area contributed by atoms with Crippen LogP contribution in [-0.4, -0.2) is 42.0 Å². The molecule has 2 heterocycles. The lowest BCUT2D eigenvalue weighted by Gasteiger charge is -2.26. The highest BCUT2D eigenvalue weighted by molar-refractivity contribution is 7.13. The number of nitrogens with zero attached hydrogens (tertiary/aromatic N) is 2. The van der Waals surface area contributed by atoms with Crippen molar-refractivity contribution in [2.75, 3.05) is 26.2 Å². The number of hydrogen-bond acceptors (Lipinski definition) is 4. The second-order valence-electron chi connectivity index (χ2n) is 4.38. The molecule has 2 fully saturated rings. The van der Waals surface area contributed by atoms with Gasteiger partial charge in [0, 0.05) is 32.1 Å². The first-order valence-electron chi connectivity index (χ1n) is 5.80. The van der Waals surface area contributed by atoms with Gasteiger partial charge in [0.2, 0.25) is 0 Å². The van der Waals surface area contributed by atoms with Crippen molar-refractivity contribution in [3.63, 3.8) is 0 Å². The van der Waals surface area contributed by atoms with Crippen LogP contribution in [0.25, 0.3) is 0 Å². The van der Waals surface area contributed by atoms with E-state index in [1.807, 2.05) is 4.90 Å². The van der Waals surface area contributed by atoms with Crippen molar-refractivity contribution < 1.29 is 4.79 Å². The fourth-order valence-corrected chi connectivity index (χ4v) is 2.98. The van der Waals surface area contributed by atoms with E-state index >= 15 is 0 Å². The maximum atomic E-state index is 12.1. The molecule has 0 radical (unpaired) electrons. The predicted molar refractivity (Wildman–Crippen MR) is 62.9 cm³/mol. The van der Waals surface area contributed by atoms with Crippen molar-refractivity contribution in [3.05, 3.63) is 16.1 Å². The molecule has 4 nitrogen and oxygen atoms in total. The Labute approximate surface area is 98.7 Å². The number of hydrogen-bond donors (Lipinski definition) is 1. The zero-order chi connectivity index (χ0) is 11.0. The number of amides is 1. The van der Waals surface area contributed by atoms with E-state index in [1.54, 1.807) is 17.5 Å². The van der Waals surface area contributed by atoms with Gasteiger partial charge in [0.1, 0.15) is 4.88 Å². The highest BCUT2D eigenvalue weighted by atomic mass is 32.1. The molecule has 1 aliphatic carbocycles. The normalized spacial score (nSPS) is 21.1. The summed E-state index contributed by atoms with van der Waals surface area (Å²) < 4.78 is 0. The van der Waals surface area contributed by atoms with E-state index in [2.05, 4.69) is 10.3 Å². The first kappa shape index (κ1) is 10.2. The Morgan fingerprint density at radius 1 is 1.44 bits per heavy atom. The van der Waals surface area contributed by atoms with Crippen LogP contribution in [0, 0.1) is 0 Å². The Morgan fingerprint density at radius 2 is 2.19 bits per heavy atom. The summed E-state index contributed by atoms with van der Waals surface area (Å²) in [7, 11) is 0. The van der Waals surface area contributed by atoms with Crippen molar-refractivity contribution in [2.45, 2.75) is 18.8 Å². The van der Waals surface area contributed by atoms with Crippen LogP contribution >= 0.6 is 11.3 Å². The average molecular weight is 237 g/mol. The molecule has 1 aromatic heterocycles. The Kier molecular flexibility index (Phi) is 2.65. The molecule has 1 amide bonds. The maximum Gasteiger partial charge on any atom is 0.265 e. The number of aromatic nitrogens is 1. The number of carbonyl (C=O) groups excluding carboxylic acids is 1. The molecule has 16 heavy (non-hydrogen) atoms. The molecule has 5 heteroatoms. The number of rotatable bonds is 2. The number of nitrogens with one attached hydrogen (secondary N) is 1. The van der Waals surface area contributed by atoms with E-state index in [0.29, 0.717) is 5.92 Å². The fourth-order valence-electron chi connectivity index (χ4n) is 1.93. The Hall–Kier alpha value is -0.940. The van der Waals surface area contributed by atoms with Crippen molar-refractivity contribution in [3.8, 4) is 0 Å². The molecule has 0 aromatic carbocycles. The molecular weight excluding hydrogens is 222 g/mol. The molecule has 1 aliphatic heterocycles. The van der Waals surface area contributed by atoms with E-state index in [9.17, 15) is 4.79 Å². The van der Waals surface area contributed by atoms with Crippen LogP contribution in [0.4, 0.5) is 0 Å². The third-order valence-corrected chi connectivity index (χ3v) is 4.21. The summed E-state index contributed by atoms with van der Waals surface area (Å²) in [4.78, 5) is 19.2. The first-order valence-corrected chi connectivity index (χ1v) is 6.62. The molecule has 0 atom stereocenters. The van der Waals surface area contributed by atoms with Gasteiger partial charge < -0.3 is 10.2 Å². The molecule has 3 rings (SSSR count). The topological polar surface area (TPSA) is 45.2 Å². The molecule has 0 unspecified atom stereocenters. The zero-order valence-electron chi connectivity index (χ0n) is 9.11. The summed E-state index contributed by atoms with van der Waals surface area (Å²) in [5.41, 5.74) is 0. The van der Waals surface area contributed by atoms with Gasteiger partial charge in [-0.1, -0.05) is 0 Å². The first-order chi connectivity index (χ1) is 7.84. The fraction of sp³-hybridized carbons (Fsp3) is 0.636. The number of piperazine rings is 1. The SMILES string of the molecule is O=C(c1cnc(C2CC2)s1)N1CCNCC1. The van der Waals surface area contributed by atoms with E-state index in [0.717, 1.165) is 36.1 Å². The van der Waals surface area contributed by atoms with Crippen LogP contribution < -0.4 is 5.32 Å². The van der Waals surface area contributed by atoms with Gasteiger partial charge in [0.15, 0.2) is 0 Å². The third-order valence-electron chi connectivity index (χ3n) is 3.07. The van der Waals surface area contributed by atoms with E-state index in [1.165, 1.54) is 12.8 Å². The second kappa shape index (κ2) is 4.14. The minimum atomic E-state index is 0.158. The van der Waals surface area contributed by atoms with Crippen LogP contribution in [0.2, 0.25) is 0 Å². The van der Waals surface area contributed by atoms with E-state index < -0.39 is 0 Å². The summed E-state index contributed by atoms with van der Waals surface area (Å²) in [6, 6.07) is 0. The van der Waals surface area contributed by atoms with Gasteiger partial charge >= 0.3 is 0 Å². The van der Waals surface area contributed by atoms with E-state index in [4.69, 9.17) is 0 Å². The minimum Gasteiger partial charge on any atom is -0.335 e. The molecule has 1 saturated carbocycles. The van der Waals surface area contributed by atoms with Crippen molar-refractivity contribution >= 4 is 17.2 Å². The van der Waals surface area contributed by atoms with Gasteiger partial charge in [-0.25, -0.2) is 4.98 Å². The lowest BCUT2D eigenvalue weighted by Crippen LogP contribution is -2.46. The Bertz CT molecular complexity index is 394. The van der Waals surface area contributed by atoms with Gasteiger partial charge in [-0.15, -0.1) is 11.3 Å². The van der Waals surface area contributed by atoms with Gasteiger partial charge in [-0.05, 0) is 12.8 Å². The predicted octanol–water partition coefficient (Wildman–Crippen LogP) is 1.07. The summed E-state index contributed by atoms with van der Waals surface area (Å²) in [5, 5.41) is 4.40. The lowest BCUT2D eigenvalue weighted by molar-refractivity contribution is 0.0740. The van der Waals surface area contributed by atoms with E-state index in [-0.39, 0.29) is 5.91 Å². The highest BCUT2D eigenvalue weighted by Gasteiger charge is 2.28. The maximum absolute atomic E-state index is 12.1. The molecule has 1 N–H and O–H groups in total. The van der Waals surface area contributed by atoms with Crippen LogP contribution in [0.3, 0.4) is 0 Å². The molecule has 1 aromatic rings. The van der Waals surface area contributed by atoms with Gasteiger partial charge in [-0.2, -0.15) is 0 Å². The summed E-state index contributed by atoms with van der Waals surface area (Å²) in [6.45, 7) is 3.44. The quantitative estimate of drug-likeness (QED) is 0.836. The van der Waals surface area contributed by atoms with Crippen molar-refractivity contribution in [1.29, 1.82) is 0 Å². The third kappa shape index (κ3) is 1.97. The molecule has 86 valence electrons. The van der Waals surface area contributed by atoms with Crippen LogP contribution in [0.5, 0.6) is 0 Å². The summed E-state index contributed by atoms with van der Waals surface area (Å²) in [6.07, 6.45) is 4.24. The molecule has 0 spiro atoms. The second-order valence-corrected chi connectivity index (χ2v) is 5.44. The molecule has 2 aliphatic rings. The minimum absolute atomic E-state index is 0.158. The molecular formula is C11H15N3OS. The molecule has 0 bridgehead atoms. The van der Waals surface area contributed by atoms with Gasteiger partial charge in [0.05, 0.1) is 11.2 Å². The monoisotopic (exact) mass is 237 g/mol. The van der Waals surface area contributed by atoms with Crippen molar-refractivity contribution in [2.24, 2.45) is 0 Å². The van der Waals surface area contributed by atoms with Crippen molar-refractivity contribution in [1.82, 2.24) is 15.2 Å². The number of thiazole rings is 1. The Morgan fingerprint density at radius 3 is 2.88 bits per heavy atom. The standard InChI is InChI=1S/C11H15N3OS/c15-11(14-5-3-12-4-6-14)9-7-13-10(16-9)8-1-2-8/h7-8,12H,1-6H2. The highest BCUT2D eigenvalue weighted by Crippen LogP contribution is 2.41. The summed E-state index contributed by atoms with van der Waals surface area (Å²) in [5.74, 6) is 0.806. The lowest BCUT2D eigenvalue weighted by atomic mass is 10.3. The smallest absolute Gasteiger partial charge is 0.265 e. The average Bonchev–Trinajstić information content (AvgIpc) is 3.08. The van der Waals surface area contributed by atoms with Gasteiger partial charge in [-0.3, -0.25) is 4.79 Å².